The number of carbonyl (C=O) groups is 1. The summed E-state index contributed by atoms with van der Waals surface area (Å²) in [7, 11) is 0. The number of amides is 1. The van der Waals surface area contributed by atoms with Crippen LogP contribution < -0.4 is 10.2 Å². The second-order valence-corrected chi connectivity index (χ2v) is 7.12. The van der Waals surface area contributed by atoms with E-state index in [1.165, 1.54) is 6.21 Å². The fraction of sp³-hybridized carbons (Fsp3) is 0.0476. The lowest BCUT2D eigenvalue weighted by molar-refractivity contribution is -0.123. The second-order valence-electron chi connectivity index (χ2n) is 5.80. The molecule has 3 aromatic carbocycles. The van der Waals surface area contributed by atoms with Crippen molar-refractivity contribution in [1.29, 1.82) is 0 Å². The molecule has 0 radical (unpaired) electrons. The summed E-state index contributed by atoms with van der Waals surface area (Å²) < 4.78 is 6.14. The van der Waals surface area contributed by atoms with Crippen molar-refractivity contribution in [2.45, 2.75) is 0 Å². The Bertz CT molecular complexity index is 993. The number of phenols is 1. The van der Waals surface area contributed by atoms with E-state index in [9.17, 15) is 9.90 Å². The molecule has 0 bridgehead atoms. The van der Waals surface area contributed by atoms with Gasteiger partial charge in [0.25, 0.3) is 5.91 Å². The Kier molecular flexibility index (Phi) is 6.68. The number of phenolic OH excluding ortho intramolecular Hbond substituents is 1. The molecule has 0 aliphatic carbocycles. The van der Waals surface area contributed by atoms with Crippen LogP contribution >= 0.6 is 27.5 Å². The number of rotatable bonds is 6. The van der Waals surface area contributed by atoms with Gasteiger partial charge in [0.2, 0.25) is 0 Å². The van der Waals surface area contributed by atoms with Crippen LogP contribution in [-0.2, 0) is 4.79 Å². The highest BCUT2D eigenvalue weighted by atomic mass is 79.9. The molecule has 5 nitrogen and oxygen atoms in total. The van der Waals surface area contributed by atoms with Gasteiger partial charge in [-0.25, -0.2) is 5.43 Å². The number of aromatic hydroxyl groups is 1. The summed E-state index contributed by atoms with van der Waals surface area (Å²) in [5, 5.41) is 13.9. The highest BCUT2D eigenvalue weighted by molar-refractivity contribution is 9.10. The molecular formula is C21H16BrClN2O3. The largest absolute Gasteiger partial charge is 0.506 e. The van der Waals surface area contributed by atoms with E-state index in [0.29, 0.717) is 15.8 Å². The van der Waals surface area contributed by atoms with E-state index in [2.05, 4.69) is 26.5 Å². The van der Waals surface area contributed by atoms with Crippen molar-refractivity contribution in [3.63, 3.8) is 0 Å². The topological polar surface area (TPSA) is 70.9 Å². The molecule has 0 unspecified atom stereocenters. The summed E-state index contributed by atoms with van der Waals surface area (Å²) in [5.74, 6) is 0.0387. The third-order valence-electron chi connectivity index (χ3n) is 3.78. The first kappa shape index (κ1) is 19.9. The van der Waals surface area contributed by atoms with Crippen LogP contribution in [0.3, 0.4) is 0 Å². The number of hydrogen-bond acceptors (Lipinski definition) is 4. The minimum atomic E-state index is -0.427. The van der Waals surface area contributed by atoms with Gasteiger partial charge in [0, 0.05) is 10.0 Å². The van der Waals surface area contributed by atoms with Crippen LogP contribution in [0.1, 0.15) is 5.56 Å². The van der Waals surface area contributed by atoms with Crippen LogP contribution in [0.5, 0.6) is 11.5 Å². The lowest BCUT2D eigenvalue weighted by Gasteiger charge is -2.07. The Morgan fingerprint density at radius 1 is 1.11 bits per heavy atom. The molecule has 0 heterocycles. The number of hydrogen-bond donors (Lipinski definition) is 2. The zero-order valence-corrected chi connectivity index (χ0v) is 16.9. The molecule has 2 N–H and O–H groups in total. The lowest BCUT2D eigenvalue weighted by atomic mass is 10.1. The second kappa shape index (κ2) is 9.39. The van der Waals surface area contributed by atoms with Gasteiger partial charge in [-0.3, -0.25) is 4.79 Å². The Morgan fingerprint density at radius 3 is 2.50 bits per heavy atom. The predicted molar refractivity (Wildman–Crippen MR) is 114 cm³/mol. The molecule has 0 spiro atoms. The van der Waals surface area contributed by atoms with E-state index in [1.807, 2.05) is 42.5 Å². The molecule has 1 amide bonds. The van der Waals surface area contributed by atoms with Crippen molar-refractivity contribution < 1.29 is 14.6 Å². The molecule has 0 aliphatic heterocycles. The summed E-state index contributed by atoms with van der Waals surface area (Å²) in [6, 6.07) is 20.6. The quantitative estimate of drug-likeness (QED) is 0.402. The number of halogens is 2. The molecule has 3 aromatic rings. The average Bonchev–Trinajstić information content (AvgIpc) is 2.71. The molecule has 0 fully saturated rings. The van der Waals surface area contributed by atoms with Crippen LogP contribution in [0.4, 0.5) is 0 Å². The van der Waals surface area contributed by atoms with E-state index in [1.54, 1.807) is 24.3 Å². The Labute approximate surface area is 175 Å². The van der Waals surface area contributed by atoms with Crippen LogP contribution in [0, 0.1) is 0 Å². The molecule has 0 saturated carbocycles. The molecule has 0 aromatic heterocycles. The van der Waals surface area contributed by atoms with Gasteiger partial charge in [-0.2, -0.15) is 5.10 Å². The third-order valence-corrected chi connectivity index (χ3v) is 4.53. The summed E-state index contributed by atoms with van der Waals surface area (Å²) in [6.45, 7) is -0.187. The maximum atomic E-state index is 11.9. The molecule has 142 valence electrons. The first-order valence-corrected chi connectivity index (χ1v) is 9.48. The number of hydrazone groups is 1. The third kappa shape index (κ3) is 5.34. The first-order chi connectivity index (χ1) is 13.5. The summed E-state index contributed by atoms with van der Waals surface area (Å²) in [6.07, 6.45) is 1.30. The first-order valence-electron chi connectivity index (χ1n) is 8.31. The Hall–Kier alpha value is -2.83. The number of nitrogens with zero attached hydrogens (tertiary/aromatic N) is 1. The van der Waals surface area contributed by atoms with Gasteiger partial charge in [-0.15, -0.1) is 0 Å². The zero-order chi connectivity index (χ0) is 19.9. The van der Waals surface area contributed by atoms with Crippen molar-refractivity contribution in [1.82, 2.24) is 5.43 Å². The SMILES string of the molecule is O=C(COc1ccc(-c2ccccc2)cc1)N/N=C/c1cc(Br)cc(Cl)c1O. The summed E-state index contributed by atoms with van der Waals surface area (Å²) >= 11 is 9.15. The molecule has 0 saturated heterocycles. The molecule has 7 heteroatoms. The van der Waals surface area contributed by atoms with Gasteiger partial charge in [-0.1, -0.05) is 70.0 Å². The number of benzene rings is 3. The smallest absolute Gasteiger partial charge is 0.277 e. The highest BCUT2D eigenvalue weighted by Crippen LogP contribution is 2.30. The van der Waals surface area contributed by atoms with Gasteiger partial charge in [0.1, 0.15) is 11.5 Å². The Morgan fingerprint density at radius 2 is 1.79 bits per heavy atom. The zero-order valence-electron chi connectivity index (χ0n) is 14.6. The number of ether oxygens (including phenoxy) is 1. The maximum Gasteiger partial charge on any atom is 0.277 e. The van der Waals surface area contributed by atoms with Crippen LogP contribution in [0.2, 0.25) is 5.02 Å². The van der Waals surface area contributed by atoms with Gasteiger partial charge >= 0.3 is 0 Å². The highest BCUT2D eigenvalue weighted by Gasteiger charge is 2.06. The van der Waals surface area contributed by atoms with E-state index >= 15 is 0 Å². The van der Waals surface area contributed by atoms with Crippen molar-refractivity contribution in [2.75, 3.05) is 6.61 Å². The fourth-order valence-corrected chi connectivity index (χ4v) is 3.25. The molecule has 3 rings (SSSR count). The maximum absolute atomic E-state index is 11.9. The summed E-state index contributed by atoms with van der Waals surface area (Å²) in [4.78, 5) is 11.9. The number of nitrogens with one attached hydrogen (secondary N) is 1. The number of carbonyl (C=O) groups excluding carboxylic acids is 1. The minimum absolute atomic E-state index is 0.113. The monoisotopic (exact) mass is 458 g/mol. The van der Waals surface area contributed by atoms with Gasteiger partial charge in [0.05, 0.1) is 11.2 Å². The van der Waals surface area contributed by atoms with E-state index in [-0.39, 0.29) is 17.4 Å². The minimum Gasteiger partial charge on any atom is -0.506 e. The van der Waals surface area contributed by atoms with Gasteiger partial charge < -0.3 is 9.84 Å². The fourth-order valence-electron chi connectivity index (χ4n) is 2.41. The van der Waals surface area contributed by atoms with Crippen LogP contribution in [0.25, 0.3) is 11.1 Å². The standard InChI is InChI=1S/C21H16BrClN2O3/c22-17-10-16(21(27)19(23)11-17)12-24-25-20(26)13-28-18-8-6-15(7-9-18)14-4-2-1-3-5-14/h1-12,27H,13H2,(H,25,26)/b24-12+. The van der Waals surface area contributed by atoms with Crippen LogP contribution in [-0.4, -0.2) is 23.8 Å². The van der Waals surface area contributed by atoms with Crippen LogP contribution in [0.15, 0.2) is 76.3 Å². The van der Waals surface area contributed by atoms with Gasteiger partial charge in [-0.05, 0) is 35.4 Å². The summed E-state index contributed by atoms with van der Waals surface area (Å²) in [5.41, 5.74) is 4.89. The van der Waals surface area contributed by atoms with E-state index in [4.69, 9.17) is 16.3 Å². The Balaban J connectivity index is 1.52. The molecule has 28 heavy (non-hydrogen) atoms. The predicted octanol–water partition coefficient (Wildman–Crippen LogP) is 5.00. The van der Waals surface area contributed by atoms with Gasteiger partial charge in [0.15, 0.2) is 6.61 Å². The van der Waals surface area contributed by atoms with Crippen molar-refractivity contribution >= 4 is 39.7 Å². The normalized spacial score (nSPS) is 10.8. The molecule has 0 atom stereocenters. The van der Waals surface area contributed by atoms with E-state index in [0.717, 1.165) is 11.1 Å². The average molecular weight is 460 g/mol. The lowest BCUT2D eigenvalue weighted by Crippen LogP contribution is -2.24. The molecule has 0 aliphatic rings. The van der Waals surface area contributed by atoms with Crippen molar-refractivity contribution in [2.24, 2.45) is 5.10 Å². The van der Waals surface area contributed by atoms with E-state index < -0.39 is 5.91 Å². The molecular weight excluding hydrogens is 444 g/mol. The van der Waals surface area contributed by atoms with Crippen molar-refractivity contribution in [3.05, 3.63) is 81.8 Å². The van der Waals surface area contributed by atoms with Crippen molar-refractivity contribution in [3.8, 4) is 22.6 Å².